The van der Waals surface area contributed by atoms with Crippen molar-refractivity contribution in [3.63, 3.8) is 0 Å². The predicted molar refractivity (Wildman–Crippen MR) is 108 cm³/mol. The van der Waals surface area contributed by atoms with E-state index in [2.05, 4.69) is 16.3 Å². The Morgan fingerprint density at radius 2 is 1.89 bits per heavy atom. The van der Waals surface area contributed by atoms with Crippen LogP contribution in [0.15, 0.2) is 6.07 Å². The maximum absolute atomic E-state index is 5.99. The molecule has 0 atom stereocenters. The van der Waals surface area contributed by atoms with Crippen molar-refractivity contribution in [3.8, 4) is 0 Å². The van der Waals surface area contributed by atoms with E-state index in [4.69, 9.17) is 20.4 Å². The molecule has 0 unspecified atom stereocenters. The summed E-state index contributed by atoms with van der Waals surface area (Å²) in [4.78, 5) is 12.2. The van der Waals surface area contributed by atoms with Crippen molar-refractivity contribution in [2.45, 2.75) is 81.9 Å². The van der Waals surface area contributed by atoms with Gasteiger partial charge in [-0.05, 0) is 51.6 Å². The fourth-order valence-corrected chi connectivity index (χ4v) is 5.18. The third-order valence-electron chi connectivity index (χ3n) is 6.82. The summed E-state index contributed by atoms with van der Waals surface area (Å²) < 4.78 is 5.30. The topological polar surface area (TPSA) is 76.3 Å². The summed E-state index contributed by atoms with van der Waals surface area (Å²) in [6, 6.07) is 2.47. The van der Waals surface area contributed by atoms with E-state index < -0.39 is 0 Å². The third-order valence-corrected chi connectivity index (χ3v) is 6.82. The highest BCUT2D eigenvalue weighted by molar-refractivity contribution is 5.38. The first kappa shape index (κ1) is 19.1. The Balaban J connectivity index is 1.48. The molecule has 3 fully saturated rings. The molecular weight excluding hydrogens is 338 g/mol. The smallest absolute Gasteiger partial charge is 0.156 e. The van der Waals surface area contributed by atoms with Crippen LogP contribution >= 0.6 is 0 Å². The van der Waals surface area contributed by atoms with Gasteiger partial charge in [0.2, 0.25) is 0 Å². The van der Waals surface area contributed by atoms with E-state index >= 15 is 0 Å². The van der Waals surface area contributed by atoms with Crippen LogP contribution in [-0.2, 0) is 11.3 Å². The maximum Gasteiger partial charge on any atom is 0.156 e. The van der Waals surface area contributed by atoms with Crippen molar-refractivity contribution < 1.29 is 4.74 Å². The van der Waals surface area contributed by atoms with Gasteiger partial charge in [-0.2, -0.15) is 0 Å². The van der Waals surface area contributed by atoms with Crippen LogP contribution in [0.25, 0.3) is 0 Å². The van der Waals surface area contributed by atoms with Crippen LogP contribution < -0.4 is 11.1 Å². The fourth-order valence-electron chi connectivity index (χ4n) is 5.18. The normalized spacial score (nSPS) is 28.1. The first-order valence-electron chi connectivity index (χ1n) is 10.8. The summed E-state index contributed by atoms with van der Waals surface area (Å²) in [5, 5.41) is 3.70. The zero-order chi connectivity index (χ0) is 18.7. The van der Waals surface area contributed by atoms with Crippen LogP contribution in [0, 0.1) is 0 Å². The van der Waals surface area contributed by atoms with Crippen molar-refractivity contribution in [3.05, 3.63) is 17.6 Å². The molecule has 2 saturated carbocycles. The quantitative estimate of drug-likeness (QED) is 0.765. The number of methoxy groups -OCH3 is 1. The van der Waals surface area contributed by atoms with E-state index in [1.165, 1.54) is 58.0 Å². The Morgan fingerprint density at radius 1 is 1.15 bits per heavy atom. The van der Waals surface area contributed by atoms with Gasteiger partial charge in [0.25, 0.3) is 0 Å². The third kappa shape index (κ3) is 4.28. The number of nitrogens with zero attached hydrogens (tertiary/aromatic N) is 3. The molecule has 3 aliphatic rings. The molecule has 0 radical (unpaired) electrons. The molecule has 4 rings (SSSR count). The van der Waals surface area contributed by atoms with E-state index in [1.807, 2.05) is 0 Å². The molecule has 1 aromatic heterocycles. The number of piperidine rings is 1. The second kappa shape index (κ2) is 8.41. The molecule has 0 bridgehead atoms. The molecule has 1 aliphatic heterocycles. The first-order valence-corrected chi connectivity index (χ1v) is 10.8. The summed E-state index contributed by atoms with van der Waals surface area (Å²) in [5.41, 5.74) is 7.43. The first-order chi connectivity index (χ1) is 13.2. The van der Waals surface area contributed by atoms with E-state index in [1.54, 1.807) is 7.11 Å². The lowest BCUT2D eigenvalue weighted by molar-refractivity contribution is 0.0807. The van der Waals surface area contributed by atoms with Crippen LogP contribution in [0.4, 0.5) is 5.82 Å². The van der Waals surface area contributed by atoms with E-state index in [0.29, 0.717) is 24.1 Å². The minimum atomic E-state index is 0.311. The zero-order valence-corrected chi connectivity index (χ0v) is 16.8. The molecule has 3 N–H and O–H groups in total. The summed E-state index contributed by atoms with van der Waals surface area (Å²) >= 11 is 0. The van der Waals surface area contributed by atoms with Gasteiger partial charge in [0.1, 0.15) is 12.4 Å². The van der Waals surface area contributed by atoms with Gasteiger partial charge in [0.05, 0.1) is 0 Å². The summed E-state index contributed by atoms with van der Waals surface area (Å²) in [5.74, 6) is 2.20. The molecule has 6 nitrogen and oxygen atoms in total. The molecule has 1 aromatic rings. The molecule has 150 valence electrons. The highest BCUT2D eigenvalue weighted by atomic mass is 16.5. The number of hydrogen-bond donors (Lipinski definition) is 2. The Labute approximate surface area is 163 Å². The fraction of sp³-hybridized carbons (Fsp3) is 0.810. The number of hydrogen-bond acceptors (Lipinski definition) is 6. The molecule has 1 saturated heterocycles. The maximum atomic E-state index is 5.99. The molecule has 2 heterocycles. The molecule has 27 heavy (non-hydrogen) atoms. The highest BCUT2D eigenvalue weighted by Crippen LogP contribution is 2.38. The lowest BCUT2D eigenvalue weighted by Gasteiger charge is -2.44. The van der Waals surface area contributed by atoms with Crippen LogP contribution in [0.1, 0.15) is 75.2 Å². The Kier molecular flexibility index (Phi) is 5.95. The van der Waals surface area contributed by atoms with E-state index in [-0.39, 0.29) is 0 Å². The van der Waals surface area contributed by atoms with E-state index in [0.717, 1.165) is 36.7 Å². The van der Waals surface area contributed by atoms with Crippen LogP contribution in [-0.4, -0.2) is 53.2 Å². The average Bonchev–Trinajstić information content (AvgIpc) is 3.15. The van der Waals surface area contributed by atoms with Gasteiger partial charge >= 0.3 is 0 Å². The summed E-state index contributed by atoms with van der Waals surface area (Å²) in [6.07, 6.45) is 11.4. The van der Waals surface area contributed by atoms with Crippen LogP contribution in [0.5, 0.6) is 0 Å². The van der Waals surface area contributed by atoms with Crippen molar-refractivity contribution >= 4 is 5.82 Å². The molecule has 0 spiro atoms. The molecule has 2 aliphatic carbocycles. The van der Waals surface area contributed by atoms with Crippen molar-refractivity contribution in [1.29, 1.82) is 0 Å². The largest absolute Gasteiger partial charge is 0.377 e. The van der Waals surface area contributed by atoms with Crippen molar-refractivity contribution in [2.24, 2.45) is 5.73 Å². The Hall–Kier alpha value is -1.24. The van der Waals surface area contributed by atoms with Crippen LogP contribution in [0.2, 0.25) is 0 Å². The van der Waals surface area contributed by atoms with Gasteiger partial charge in [-0.15, -0.1) is 0 Å². The molecule has 0 aromatic carbocycles. The predicted octanol–water partition coefficient (Wildman–Crippen LogP) is 3.04. The van der Waals surface area contributed by atoms with Gasteiger partial charge in [-0.3, -0.25) is 4.90 Å². The standard InChI is InChI=1S/C21H35N5O/c1-27-14-20-24-18(16-11-17(22)12-16)13-19(25-20)23-15-21(7-3-4-8-21)26-9-5-2-6-10-26/h13,16-17H,2-12,14-15,22H2,1H3,(H,23,24,25). The molecule has 0 amide bonds. The van der Waals surface area contributed by atoms with Crippen molar-refractivity contribution in [2.75, 3.05) is 32.1 Å². The number of ether oxygens (including phenoxy) is 1. The number of rotatable bonds is 7. The van der Waals surface area contributed by atoms with Gasteiger partial charge in [-0.25, -0.2) is 9.97 Å². The minimum Gasteiger partial charge on any atom is -0.377 e. The number of likely N-dealkylation sites (tertiary alicyclic amines) is 1. The van der Waals surface area contributed by atoms with Gasteiger partial charge in [-0.1, -0.05) is 19.3 Å². The highest BCUT2D eigenvalue weighted by Gasteiger charge is 2.39. The molecular formula is C21H35N5O. The monoisotopic (exact) mass is 373 g/mol. The average molecular weight is 374 g/mol. The minimum absolute atomic E-state index is 0.311. The second-order valence-corrected chi connectivity index (χ2v) is 8.79. The van der Waals surface area contributed by atoms with E-state index in [9.17, 15) is 0 Å². The number of anilines is 1. The number of nitrogens with one attached hydrogen (secondary N) is 1. The second-order valence-electron chi connectivity index (χ2n) is 8.79. The number of aromatic nitrogens is 2. The van der Waals surface area contributed by atoms with Gasteiger partial charge in [0, 0.05) is 42.9 Å². The van der Waals surface area contributed by atoms with Gasteiger partial charge in [0.15, 0.2) is 5.82 Å². The van der Waals surface area contributed by atoms with Crippen molar-refractivity contribution in [1.82, 2.24) is 14.9 Å². The zero-order valence-electron chi connectivity index (χ0n) is 16.8. The lowest BCUT2D eigenvalue weighted by Crippen LogP contribution is -2.53. The SMILES string of the molecule is COCc1nc(NCC2(N3CCCCC3)CCCC2)cc(C2CC(N)C2)n1. The summed E-state index contributed by atoms with van der Waals surface area (Å²) in [6.45, 7) is 3.95. The summed E-state index contributed by atoms with van der Waals surface area (Å²) in [7, 11) is 1.70. The molecule has 6 heteroatoms. The lowest BCUT2D eigenvalue weighted by atomic mass is 9.78. The Bertz CT molecular complexity index is 619. The number of nitrogens with two attached hydrogens (primary N) is 1. The Morgan fingerprint density at radius 3 is 2.56 bits per heavy atom. The van der Waals surface area contributed by atoms with Crippen LogP contribution in [0.3, 0.4) is 0 Å². The van der Waals surface area contributed by atoms with Gasteiger partial charge < -0.3 is 15.8 Å².